The normalized spacial score (nSPS) is 11.9. The molecular weight excluding hydrogens is 523 g/mol. The molecule has 4 rings (SSSR count). The van der Waals surface area contributed by atoms with Gasteiger partial charge in [-0.05, 0) is 42.5 Å². The predicted molar refractivity (Wildman–Crippen MR) is 125 cm³/mol. The number of para-hydroxylation sites is 1. The fraction of sp³-hybridized carbons (Fsp3) is 0.0909. The summed E-state index contributed by atoms with van der Waals surface area (Å²) in [5.74, 6) is -1.77. The number of pyridine rings is 1. The van der Waals surface area contributed by atoms with Crippen LogP contribution in [0.25, 0.3) is 10.9 Å². The van der Waals surface area contributed by atoms with Gasteiger partial charge in [-0.2, -0.15) is 18.3 Å². The smallest absolute Gasteiger partial charge is 0.277 e. The van der Waals surface area contributed by atoms with Crippen molar-refractivity contribution >= 4 is 55.8 Å². The van der Waals surface area contributed by atoms with E-state index in [1.807, 2.05) is 0 Å². The third-order valence-electron chi connectivity index (χ3n) is 4.99. The van der Waals surface area contributed by atoms with E-state index in [4.69, 9.17) is 11.6 Å². The Kier molecular flexibility index (Phi) is 6.45. The van der Waals surface area contributed by atoms with Crippen molar-refractivity contribution in [2.45, 2.75) is 18.0 Å². The number of hydrogen-bond acceptors (Lipinski definition) is 6. The number of H-pyrrole nitrogens is 1. The first-order chi connectivity index (χ1) is 16.9. The van der Waals surface area contributed by atoms with Crippen LogP contribution < -0.4 is 9.62 Å². The van der Waals surface area contributed by atoms with Crippen LogP contribution >= 0.6 is 11.6 Å². The summed E-state index contributed by atoms with van der Waals surface area (Å²) < 4.78 is 67.6. The van der Waals surface area contributed by atoms with E-state index in [0.717, 1.165) is 19.1 Å². The topological polar surface area (TPSA) is 125 Å². The first-order valence-corrected chi connectivity index (χ1v) is 11.9. The highest BCUT2D eigenvalue weighted by Crippen LogP contribution is 2.36. The van der Waals surface area contributed by atoms with Crippen LogP contribution in [0.4, 0.5) is 24.7 Å². The first kappa shape index (κ1) is 25.1. The Bertz CT molecular complexity index is 1600. The van der Waals surface area contributed by atoms with E-state index < -0.39 is 49.2 Å². The number of amides is 2. The average Bonchev–Trinajstić information content (AvgIpc) is 3.22. The Balaban J connectivity index is 1.74. The Labute approximate surface area is 206 Å². The number of nitrogens with zero attached hydrogens (tertiary/aromatic N) is 3. The maximum Gasteiger partial charge on any atom is 0.417 e. The van der Waals surface area contributed by atoms with Gasteiger partial charge in [0.15, 0.2) is 11.5 Å². The number of fused-ring (bicyclic) bond motifs is 1. The summed E-state index contributed by atoms with van der Waals surface area (Å²) in [6.45, 7) is 1.11. The molecule has 0 atom stereocenters. The van der Waals surface area contributed by atoms with Crippen LogP contribution in [0, 0.1) is 0 Å². The number of imide groups is 1. The third-order valence-corrected chi connectivity index (χ3v) is 6.68. The Hall–Kier alpha value is -3.97. The highest BCUT2D eigenvalue weighted by molar-refractivity contribution is 7.92. The number of aromatic amines is 1. The van der Waals surface area contributed by atoms with E-state index in [1.54, 1.807) is 24.3 Å². The van der Waals surface area contributed by atoms with Crippen LogP contribution in [0.2, 0.25) is 5.02 Å². The van der Waals surface area contributed by atoms with E-state index >= 15 is 0 Å². The lowest BCUT2D eigenvalue weighted by atomic mass is 10.2. The minimum Gasteiger partial charge on any atom is -0.277 e. The highest BCUT2D eigenvalue weighted by Gasteiger charge is 2.35. The molecule has 2 amide bonds. The molecule has 0 spiro atoms. The predicted octanol–water partition coefficient (Wildman–Crippen LogP) is 4.62. The van der Waals surface area contributed by atoms with Crippen LogP contribution in [-0.4, -0.2) is 35.4 Å². The SMILES string of the molecule is CC(=O)N(C(=O)c1ncccc1NS(=O)(=O)c1ccc(Cl)c(C(F)(F)F)c1)c1n[nH]c2ccccc12. The molecule has 0 aliphatic carbocycles. The van der Waals surface area contributed by atoms with Crippen molar-refractivity contribution in [3.05, 3.63) is 77.1 Å². The molecule has 2 aromatic carbocycles. The van der Waals surface area contributed by atoms with Crippen molar-refractivity contribution < 1.29 is 31.2 Å². The summed E-state index contributed by atoms with van der Waals surface area (Å²) in [5, 5.41) is 6.49. The Morgan fingerprint density at radius 3 is 2.50 bits per heavy atom. The monoisotopic (exact) mass is 537 g/mol. The summed E-state index contributed by atoms with van der Waals surface area (Å²) in [4.78, 5) is 29.7. The van der Waals surface area contributed by atoms with E-state index in [-0.39, 0.29) is 11.5 Å². The second-order valence-corrected chi connectivity index (χ2v) is 9.49. The van der Waals surface area contributed by atoms with Gasteiger partial charge < -0.3 is 0 Å². The number of alkyl halides is 3. The van der Waals surface area contributed by atoms with E-state index in [0.29, 0.717) is 21.9 Å². The quantitative estimate of drug-likeness (QED) is 0.382. The van der Waals surface area contributed by atoms with E-state index in [9.17, 15) is 31.2 Å². The molecule has 2 N–H and O–H groups in total. The lowest BCUT2D eigenvalue weighted by Gasteiger charge is -2.19. The minimum absolute atomic E-state index is 0.0323. The second-order valence-electron chi connectivity index (χ2n) is 7.40. The number of halogens is 4. The van der Waals surface area contributed by atoms with Gasteiger partial charge in [0.2, 0.25) is 5.91 Å². The molecule has 14 heteroatoms. The molecule has 0 radical (unpaired) electrons. The van der Waals surface area contributed by atoms with Gasteiger partial charge in [-0.25, -0.2) is 18.3 Å². The van der Waals surface area contributed by atoms with Gasteiger partial charge in [0.05, 0.1) is 26.7 Å². The van der Waals surface area contributed by atoms with E-state index in [1.165, 1.54) is 18.3 Å². The molecule has 0 unspecified atom stereocenters. The van der Waals surface area contributed by atoms with Crippen molar-refractivity contribution in [2.24, 2.45) is 0 Å². The van der Waals surface area contributed by atoms with Crippen LogP contribution in [0.3, 0.4) is 0 Å². The Morgan fingerprint density at radius 2 is 1.81 bits per heavy atom. The third kappa shape index (κ3) is 4.75. The number of carbonyl (C=O) groups is 2. The minimum atomic E-state index is -4.90. The average molecular weight is 538 g/mol. The lowest BCUT2D eigenvalue weighted by molar-refractivity contribution is -0.137. The number of sulfonamides is 1. The van der Waals surface area contributed by atoms with Crippen molar-refractivity contribution in [3.63, 3.8) is 0 Å². The number of hydrogen-bond donors (Lipinski definition) is 2. The summed E-state index contributed by atoms with van der Waals surface area (Å²) in [6, 6.07) is 11.2. The fourth-order valence-corrected chi connectivity index (χ4v) is 4.68. The number of nitrogens with one attached hydrogen (secondary N) is 2. The van der Waals surface area contributed by atoms with Crippen molar-refractivity contribution in [3.8, 4) is 0 Å². The second kappa shape index (κ2) is 9.24. The Morgan fingerprint density at radius 1 is 1.08 bits per heavy atom. The molecule has 0 aliphatic rings. The molecular formula is C22H15ClF3N5O4S. The molecule has 36 heavy (non-hydrogen) atoms. The molecule has 4 aromatic rings. The summed E-state index contributed by atoms with van der Waals surface area (Å²) in [5.41, 5.74) is -1.65. The molecule has 0 bridgehead atoms. The molecule has 0 saturated heterocycles. The zero-order chi connectivity index (χ0) is 26.3. The molecule has 9 nitrogen and oxygen atoms in total. The van der Waals surface area contributed by atoms with Crippen LogP contribution in [0.5, 0.6) is 0 Å². The number of carbonyl (C=O) groups excluding carboxylic acids is 2. The number of rotatable bonds is 5. The number of benzene rings is 2. The van der Waals surface area contributed by atoms with Gasteiger partial charge in [0.1, 0.15) is 0 Å². The molecule has 2 heterocycles. The van der Waals surface area contributed by atoms with Crippen LogP contribution in [0.1, 0.15) is 23.0 Å². The van der Waals surface area contributed by atoms with Gasteiger partial charge in [-0.15, -0.1) is 0 Å². The number of aromatic nitrogens is 3. The van der Waals surface area contributed by atoms with Gasteiger partial charge in [-0.3, -0.25) is 19.4 Å². The van der Waals surface area contributed by atoms with Crippen molar-refractivity contribution in [1.29, 1.82) is 0 Å². The largest absolute Gasteiger partial charge is 0.417 e. The van der Waals surface area contributed by atoms with Gasteiger partial charge in [0.25, 0.3) is 15.9 Å². The van der Waals surface area contributed by atoms with Crippen molar-refractivity contribution in [2.75, 3.05) is 9.62 Å². The molecule has 0 aliphatic heterocycles. The van der Waals surface area contributed by atoms with Crippen LogP contribution in [-0.2, 0) is 21.0 Å². The highest BCUT2D eigenvalue weighted by atomic mass is 35.5. The number of anilines is 2. The lowest BCUT2D eigenvalue weighted by Crippen LogP contribution is -2.37. The van der Waals surface area contributed by atoms with Crippen molar-refractivity contribution in [1.82, 2.24) is 15.2 Å². The maximum atomic E-state index is 13.4. The fourth-order valence-electron chi connectivity index (χ4n) is 3.36. The summed E-state index contributed by atoms with van der Waals surface area (Å²) in [6.07, 6.45) is -3.71. The zero-order valence-corrected chi connectivity index (χ0v) is 19.7. The van der Waals surface area contributed by atoms with Crippen LogP contribution in [0.15, 0.2) is 65.7 Å². The molecule has 0 saturated carbocycles. The zero-order valence-electron chi connectivity index (χ0n) is 18.2. The molecule has 0 fully saturated rings. The molecule has 2 aromatic heterocycles. The summed E-state index contributed by atoms with van der Waals surface area (Å²) >= 11 is 5.58. The van der Waals surface area contributed by atoms with Gasteiger partial charge in [0, 0.05) is 18.5 Å². The van der Waals surface area contributed by atoms with Gasteiger partial charge in [-0.1, -0.05) is 23.7 Å². The standard InChI is InChI=1S/C22H15ClF3N5O4S/c1-12(32)31(20-14-5-2-3-6-17(14)28-29-20)21(33)19-18(7-4-10-27-19)30-36(34,35)13-8-9-16(23)15(11-13)22(24,25)26/h2-11,30H,1H3,(H,28,29). The van der Waals surface area contributed by atoms with E-state index in [2.05, 4.69) is 19.9 Å². The first-order valence-electron chi connectivity index (χ1n) is 10.0. The molecule has 186 valence electrons. The summed E-state index contributed by atoms with van der Waals surface area (Å²) in [7, 11) is -4.63. The van der Waals surface area contributed by atoms with Gasteiger partial charge >= 0.3 is 6.18 Å². The maximum absolute atomic E-state index is 13.4.